The summed E-state index contributed by atoms with van der Waals surface area (Å²) in [7, 11) is 0. The van der Waals surface area contributed by atoms with Crippen LogP contribution < -0.4 is 10.6 Å². The minimum atomic E-state index is -1.22. The van der Waals surface area contributed by atoms with Crippen molar-refractivity contribution in [2.24, 2.45) is 0 Å². The SMILES string of the molecule is CCCC(=O)NC(CNC1CCC(O)C(O)C1O)C(O)CC(O)CC. The second-order valence-corrected chi connectivity index (χ2v) is 6.93. The molecule has 0 aromatic heterocycles. The highest BCUT2D eigenvalue weighted by molar-refractivity contribution is 5.76. The first-order chi connectivity index (χ1) is 11.8. The molecule has 0 heterocycles. The van der Waals surface area contributed by atoms with Gasteiger partial charge in [0, 0.05) is 25.4 Å². The van der Waals surface area contributed by atoms with Gasteiger partial charge in [-0.3, -0.25) is 4.79 Å². The molecule has 0 bridgehead atoms. The van der Waals surface area contributed by atoms with E-state index >= 15 is 0 Å². The Morgan fingerprint density at radius 2 is 1.80 bits per heavy atom. The van der Waals surface area contributed by atoms with Crippen LogP contribution in [0.4, 0.5) is 0 Å². The van der Waals surface area contributed by atoms with Gasteiger partial charge in [-0.05, 0) is 25.7 Å². The fraction of sp³-hybridized carbons (Fsp3) is 0.941. The summed E-state index contributed by atoms with van der Waals surface area (Å²) in [5.41, 5.74) is 0. The van der Waals surface area contributed by atoms with Crippen LogP contribution in [0, 0.1) is 0 Å². The number of aliphatic hydroxyl groups is 5. The van der Waals surface area contributed by atoms with Crippen molar-refractivity contribution in [3.63, 3.8) is 0 Å². The van der Waals surface area contributed by atoms with Crippen LogP contribution in [0.15, 0.2) is 0 Å². The molecular weight excluding hydrogens is 328 g/mol. The highest BCUT2D eigenvalue weighted by Crippen LogP contribution is 2.20. The van der Waals surface area contributed by atoms with Crippen LogP contribution in [-0.4, -0.2) is 80.6 Å². The fourth-order valence-electron chi connectivity index (χ4n) is 3.06. The molecule has 0 spiro atoms. The van der Waals surface area contributed by atoms with Crippen LogP contribution >= 0.6 is 0 Å². The van der Waals surface area contributed by atoms with Gasteiger partial charge in [-0.15, -0.1) is 0 Å². The Bertz CT molecular complexity index is 397. The van der Waals surface area contributed by atoms with Crippen LogP contribution in [0.3, 0.4) is 0 Å². The van der Waals surface area contributed by atoms with Gasteiger partial charge in [0.05, 0.1) is 30.5 Å². The standard InChI is InChI=1S/C17H34N2O6/c1-3-5-15(23)19-12(14(22)8-10(20)4-2)9-18-11-6-7-13(21)17(25)16(11)24/h10-14,16-18,20-22,24-25H,3-9H2,1-2H3,(H,19,23). The lowest BCUT2D eigenvalue weighted by atomic mass is 9.87. The van der Waals surface area contributed by atoms with Crippen molar-refractivity contribution >= 4 is 5.91 Å². The van der Waals surface area contributed by atoms with Crippen molar-refractivity contribution in [1.82, 2.24) is 10.6 Å². The fourth-order valence-corrected chi connectivity index (χ4v) is 3.06. The normalized spacial score (nSPS) is 30.5. The van der Waals surface area contributed by atoms with Gasteiger partial charge in [0.15, 0.2) is 0 Å². The quantitative estimate of drug-likeness (QED) is 0.254. The average Bonchev–Trinajstić information content (AvgIpc) is 2.57. The maximum absolute atomic E-state index is 11.9. The van der Waals surface area contributed by atoms with Gasteiger partial charge in [-0.1, -0.05) is 13.8 Å². The average molecular weight is 362 g/mol. The maximum atomic E-state index is 11.9. The molecule has 148 valence electrons. The minimum absolute atomic E-state index is 0.143. The number of aliphatic hydroxyl groups excluding tert-OH is 5. The van der Waals surface area contributed by atoms with Gasteiger partial charge in [-0.2, -0.15) is 0 Å². The molecule has 7 atom stereocenters. The first-order valence-electron chi connectivity index (χ1n) is 9.23. The van der Waals surface area contributed by atoms with Crippen molar-refractivity contribution in [1.29, 1.82) is 0 Å². The van der Waals surface area contributed by atoms with Crippen molar-refractivity contribution in [3.05, 3.63) is 0 Å². The molecule has 0 aliphatic heterocycles. The second kappa shape index (κ2) is 11.1. The van der Waals surface area contributed by atoms with E-state index in [2.05, 4.69) is 10.6 Å². The summed E-state index contributed by atoms with van der Waals surface area (Å²) >= 11 is 0. The molecule has 8 nitrogen and oxygen atoms in total. The first kappa shape index (κ1) is 22.3. The monoisotopic (exact) mass is 362 g/mol. The third-order valence-corrected chi connectivity index (χ3v) is 4.80. The molecule has 7 N–H and O–H groups in total. The second-order valence-electron chi connectivity index (χ2n) is 6.93. The van der Waals surface area contributed by atoms with Gasteiger partial charge < -0.3 is 36.2 Å². The van der Waals surface area contributed by atoms with Crippen molar-refractivity contribution in [2.45, 2.75) is 95.0 Å². The largest absolute Gasteiger partial charge is 0.393 e. The van der Waals surface area contributed by atoms with E-state index < -0.39 is 42.6 Å². The highest BCUT2D eigenvalue weighted by atomic mass is 16.4. The van der Waals surface area contributed by atoms with Crippen LogP contribution in [0.1, 0.15) is 52.4 Å². The third kappa shape index (κ3) is 7.16. The molecular formula is C17H34N2O6. The summed E-state index contributed by atoms with van der Waals surface area (Å²) in [6.45, 7) is 3.89. The Morgan fingerprint density at radius 3 is 2.40 bits per heavy atom. The van der Waals surface area contributed by atoms with E-state index in [1.807, 2.05) is 13.8 Å². The van der Waals surface area contributed by atoms with Gasteiger partial charge in [0.2, 0.25) is 5.91 Å². The topological polar surface area (TPSA) is 142 Å². The predicted octanol–water partition coefficient (Wildman–Crippen LogP) is -1.37. The van der Waals surface area contributed by atoms with Crippen molar-refractivity contribution in [3.8, 4) is 0 Å². The van der Waals surface area contributed by atoms with E-state index in [9.17, 15) is 30.3 Å². The van der Waals surface area contributed by atoms with Crippen molar-refractivity contribution < 1.29 is 30.3 Å². The summed E-state index contributed by atoms with van der Waals surface area (Å²) < 4.78 is 0. The maximum Gasteiger partial charge on any atom is 0.220 e. The molecule has 1 amide bonds. The van der Waals surface area contributed by atoms with Gasteiger partial charge in [0.25, 0.3) is 0 Å². The Morgan fingerprint density at radius 1 is 1.12 bits per heavy atom. The first-order valence-corrected chi connectivity index (χ1v) is 9.23. The number of carbonyl (C=O) groups is 1. The van der Waals surface area contributed by atoms with E-state index in [4.69, 9.17) is 0 Å². The lowest BCUT2D eigenvalue weighted by Gasteiger charge is -2.37. The number of rotatable bonds is 10. The minimum Gasteiger partial charge on any atom is -0.393 e. The summed E-state index contributed by atoms with van der Waals surface area (Å²) in [6.07, 6.45) is -2.35. The van der Waals surface area contributed by atoms with E-state index in [0.29, 0.717) is 32.1 Å². The molecule has 25 heavy (non-hydrogen) atoms. The molecule has 7 unspecified atom stereocenters. The van der Waals surface area contributed by atoms with Gasteiger partial charge in [0.1, 0.15) is 6.10 Å². The molecule has 0 radical (unpaired) electrons. The Kier molecular flexibility index (Phi) is 9.84. The lowest BCUT2D eigenvalue weighted by molar-refractivity contribution is -0.123. The summed E-state index contributed by atoms with van der Waals surface area (Å²) in [5.74, 6) is -0.181. The number of nitrogens with one attached hydrogen (secondary N) is 2. The summed E-state index contributed by atoms with van der Waals surface area (Å²) in [4.78, 5) is 11.9. The van der Waals surface area contributed by atoms with E-state index in [1.165, 1.54) is 0 Å². The molecule has 8 heteroatoms. The Labute approximate surface area is 149 Å². The molecule has 1 rings (SSSR count). The number of carbonyl (C=O) groups excluding carboxylic acids is 1. The Balaban J connectivity index is 2.64. The predicted molar refractivity (Wildman–Crippen MR) is 92.8 cm³/mol. The smallest absolute Gasteiger partial charge is 0.220 e. The van der Waals surface area contributed by atoms with E-state index in [1.54, 1.807) is 0 Å². The molecule has 0 aromatic rings. The summed E-state index contributed by atoms with van der Waals surface area (Å²) in [6, 6.07) is -1.05. The number of hydrogen-bond acceptors (Lipinski definition) is 7. The third-order valence-electron chi connectivity index (χ3n) is 4.80. The van der Waals surface area contributed by atoms with E-state index in [-0.39, 0.29) is 18.9 Å². The van der Waals surface area contributed by atoms with Crippen LogP contribution in [0.2, 0.25) is 0 Å². The zero-order valence-corrected chi connectivity index (χ0v) is 15.1. The number of hydrogen-bond donors (Lipinski definition) is 7. The lowest BCUT2D eigenvalue weighted by Crippen LogP contribution is -2.58. The molecule has 1 aliphatic carbocycles. The van der Waals surface area contributed by atoms with Crippen LogP contribution in [0.25, 0.3) is 0 Å². The number of amides is 1. The van der Waals surface area contributed by atoms with Gasteiger partial charge >= 0.3 is 0 Å². The van der Waals surface area contributed by atoms with Gasteiger partial charge in [-0.25, -0.2) is 0 Å². The zero-order valence-electron chi connectivity index (χ0n) is 15.1. The molecule has 0 aromatic carbocycles. The molecule has 1 saturated carbocycles. The Hall–Kier alpha value is -0.770. The molecule has 1 aliphatic rings. The van der Waals surface area contributed by atoms with Crippen LogP contribution in [0.5, 0.6) is 0 Å². The van der Waals surface area contributed by atoms with Crippen molar-refractivity contribution in [2.75, 3.05) is 6.54 Å². The summed E-state index contributed by atoms with van der Waals surface area (Å²) in [5, 5.41) is 55.3. The molecule has 1 fully saturated rings. The molecule has 0 saturated heterocycles. The van der Waals surface area contributed by atoms with E-state index in [0.717, 1.165) is 0 Å². The zero-order chi connectivity index (χ0) is 19.0. The van der Waals surface area contributed by atoms with Crippen LogP contribution in [-0.2, 0) is 4.79 Å². The highest BCUT2D eigenvalue weighted by Gasteiger charge is 2.36.